The van der Waals surface area contributed by atoms with Crippen molar-refractivity contribution in [3.63, 3.8) is 0 Å². The van der Waals surface area contributed by atoms with Crippen LogP contribution in [0.5, 0.6) is 5.88 Å². The number of nitrogens with one attached hydrogen (secondary N) is 1. The molecule has 2 atom stereocenters. The number of nitrogens with zero attached hydrogens (tertiary/aromatic N) is 2. The predicted octanol–water partition coefficient (Wildman–Crippen LogP) is 4.06. The highest BCUT2D eigenvalue weighted by molar-refractivity contribution is 5.38. The molecular formula is C17H29N3O. The van der Waals surface area contributed by atoms with E-state index in [1.807, 2.05) is 6.07 Å². The molecule has 0 radical (unpaired) electrons. The lowest BCUT2D eigenvalue weighted by atomic mass is 9.82. The highest BCUT2D eigenvalue weighted by Crippen LogP contribution is 2.31. The average Bonchev–Trinajstić information content (AvgIpc) is 2.43. The van der Waals surface area contributed by atoms with E-state index in [0.29, 0.717) is 6.10 Å². The zero-order chi connectivity index (χ0) is 15.2. The number of rotatable bonds is 6. The van der Waals surface area contributed by atoms with Crippen LogP contribution in [0.1, 0.15) is 59.2 Å². The van der Waals surface area contributed by atoms with Crippen LogP contribution in [0.25, 0.3) is 0 Å². The monoisotopic (exact) mass is 291 g/mol. The zero-order valence-electron chi connectivity index (χ0n) is 13.9. The molecule has 1 fully saturated rings. The number of ether oxygens (including phenoxy) is 1. The van der Waals surface area contributed by atoms with Crippen LogP contribution in [0.4, 0.5) is 5.82 Å². The lowest BCUT2D eigenvalue weighted by Crippen LogP contribution is -2.29. The molecule has 2 rings (SSSR count). The Hall–Kier alpha value is -1.32. The van der Waals surface area contributed by atoms with Crippen LogP contribution in [0.15, 0.2) is 6.07 Å². The largest absolute Gasteiger partial charge is 0.474 e. The van der Waals surface area contributed by atoms with E-state index in [1.165, 1.54) is 6.42 Å². The normalized spacial score (nSPS) is 25.6. The van der Waals surface area contributed by atoms with E-state index in [4.69, 9.17) is 4.74 Å². The van der Waals surface area contributed by atoms with Gasteiger partial charge in [0.05, 0.1) is 0 Å². The molecule has 1 heterocycles. The summed E-state index contributed by atoms with van der Waals surface area (Å²) in [5.41, 5.74) is 0. The summed E-state index contributed by atoms with van der Waals surface area (Å²) in [4.78, 5) is 9.04. The minimum atomic E-state index is 0.294. The molecule has 0 aliphatic heterocycles. The predicted molar refractivity (Wildman–Crippen MR) is 86.8 cm³/mol. The van der Waals surface area contributed by atoms with Gasteiger partial charge in [-0.1, -0.05) is 27.7 Å². The molecule has 2 unspecified atom stereocenters. The van der Waals surface area contributed by atoms with E-state index in [-0.39, 0.29) is 0 Å². The number of hydrogen-bond donors (Lipinski definition) is 1. The summed E-state index contributed by atoms with van der Waals surface area (Å²) in [7, 11) is 0. The van der Waals surface area contributed by atoms with Crippen LogP contribution >= 0.6 is 0 Å². The maximum Gasteiger partial charge on any atom is 0.218 e. The second kappa shape index (κ2) is 7.62. The fraction of sp³-hybridized carbons (Fsp3) is 0.765. The van der Waals surface area contributed by atoms with Gasteiger partial charge in [0.2, 0.25) is 5.88 Å². The summed E-state index contributed by atoms with van der Waals surface area (Å²) in [5.74, 6) is 3.94. The number of anilines is 1. The molecule has 1 aromatic rings. The van der Waals surface area contributed by atoms with E-state index in [1.54, 1.807) is 0 Å². The van der Waals surface area contributed by atoms with Crippen molar-refractivity contribution in [1.29, 1.82) is 0 Å². The summed E-state index contributed by atoms with van der Waals surface area (Å²) in [6.45, 7) is 9.79. The van der Waals surface area contributed by atoms with Crippen molar-refractivity contribution in [2.75, 3.05) is 11.9 Å². The Morgan fingerprint density at radius 3 is 2.48 bits per heavy atom. The fourth-order valence-electron chi connectivity index (χ4n) is 3.17. The van der Waals surface area contributed by atoms with E-state index in [0.717, 1.165) is 61.6 Å². The molecule has 4 nitrogen and oxygen atoms in total. The Labute approximate surface area is 128 Å². The Kier molecular flexibility index (Phi) is 5.83. The minimum Gasteiger partial charge on any atom is -0.474 e. The summed E-state index contributed by atoms with van der Waals surface area (Å²) in [6, 6.07) is 1.94. The second-order valence-corrected chi connectivity index (χ2v) is 6.45. The molecule has 1 aliphatic carbocycles. The van der Waals surface area contributed by atoms with E-state index < -0.39 is 0 Å². The van der Waals surface area contributed by atoms with Gasteiger partial charge in [-0.15, -0.1) is 0 Å². The summed E-state index contributed by atoms with van der Waals surface area (Å²) < 4.78 is 6.17. The van der Waals surface area contributed by atoms with Gasteiger partial charge in [-0.05, 0) is 37.5 Å². The molecule has 1 N–H and O–H groups in total. The number of aryl methyl sites for hydroxylation is 1. The van der Waals surface area contributed by atoms with Crippen molar-refractivity contribution in [1.82, 2.24) is 9.97 Å². The molecule has 1 aliphatic rings. The topological polar surface area (TPSA) is 47.0 Å². The molecule has 1 saturated carbocycles. The Morgan fingerprint density at radius 2 is 1.86 bits per heavy atom. The number of hydrogen-bond acceptors (Lipinski definition) is 4. The molecular weight excluding hydrogens is 262 g/mol. The van der Waals surface area contributed by atoms with E-state index in [2.05, 4.69) is 43.0 Å². The fourth-order valence-corrected chi connectivity index (χ4v) is 3.17. The second-order valence-electron chi connectivity index (χ2n) is 6.45. The van der Waals surface area contributed by atoms with Crippen LogP contribution in [-0.2, 0) is 6.42 Å². The number of aromatic nitrogens is 2. The van der Waals surface area contributed by atoms with E-state index in [9.17, 15) is 0 Å². The molecule has 0 spiro atoms. The van der Waals surface area contributed by atoms with Gasteiger partial charge < -0.3 is 10.1 Å². The Morgan fingerprint density at radius 1 is 1.14 bits per heavy atom. The molecule has 0 bridgehead atoms. The van der Waals surface area contributed by atoms with Crippen molar-refractivity contribution in [3.05, 3.63) is 11.9 Å². The quantitative estimate of drug-likeness (QED) is 0.858. The van der Waals surface area contributed by atoms with Crippen molar-refractivity contribution < 1.29 is 4.74 Å². The summed E-state index contributed by atoms with van der Waals surface area (Å²) in [6.07, 6.45) is 5.78. The Balaban J connectivity index is 2.07. The smallest absolute Gasteiger partial charge is 0.218 e. The first-order valence-corrected chi connectivity index (χ1v) is 8.39. The first kappa shape index (κ1) is 16.1. The third kappa shape index (κ3) is 4.87. The maximum absolute atomic E-state index is 6.17. The minimum absolute atomic E-state index is 0.294. The first-order chi connectivity index (χ1) is 10.1. The van der Waals surface area contributed by atoms with Gasteiger partial charge in [0.1, 0.15) is 17.7 Å². The Bertz CT molecular complexity index is 440. The molecule has 1 aromatic heterocycles. The highest BCUT2D eigenvalue weighted by Gasteiger charge is 2.25. The molecule has 0 saturated heterocycles. The maximum atomic E-state index is 6.17. The van der Waals surface area contributed by atoms with Gasteiger partial charge in [-0.2, -0.15) is 4.98 Å². The third-order valence-electron chi connectivity index (χ3n) is 4.04. The SMILES string of the molecule is CCCNc1cc(OC2CC(C)CC(C)C2)nc(CC)n1. The van der Waals surface area contributed by atoms with Gasteiger partial charge in [0.15, 0.2) is 0 Å². The average molecular weight is 291 g/mol. The van der Waals surface area contributed by atoms with Crippen LogP contribution in [0, 0.1) is 11.8 Å². The standard InChI is InChI=1S/C17H29N3O/c1-5-7-18-16-11-17(20-15(6-2)19-16)21-14-9-12(3)8-13(4)10-14/h11-14H,5-10H2,1-4H3,(H,18,19,20). The van der Waals surface area contributed by atoms with Gasteiger partial charge in [-0.3, -0.25) is 0 Å². The highest BCUT2D eigenvalue weighted by atomic mass is 16.5. The van der Waals surface area contributed by atoms with Crippen LogP contribution in [-0.4, -0.2) is 22.6 Å². The lowest BCUT2D eigenvalue weighted by molar-refractivity contribution is 0.0964. The van der Waals surface area contributed by atoms with Gasteiger partial charge in [0.25, 0.3) is 0 Å². The van der Waals surface area contributed by atoms with Crippen LogP contribution < -0.4 is 10.1 Å². The summed E-state index contributed by atoms with van der Waals surface area (Å²) >= 11 is 0. The zero-order valence-corrected chi connectivity index (χ0v) is 13.9. The van der Waals surface area contributed by atoms with Crippen molar-refractivity contribution in [2.45, 2.75) is 65.9 Å². The lowest BCUT2D eigenvalue weighted by Gasteiger charge is -2.31. The van der Waals surface area contributed by atoms with E-state index >= 15 is 0 Å². The van der Waals surface area contributed by atoms with Crippen molar-refractivity contribution in [3.8, 4) is 5.88 Å². The van der Waals surface area contributed by atoms with Crippen molar-refractivity contribution in [2.24, 2.45) is 11.8 Å². The molecule has 21 heavy (non-hydrogen) atoms. The van der Waals surface area contributed by atoms with Crippen molar-refractivity contribution >= 4 is 5.82 Å². The molecule has 118 valence electrons. The van der Waals surface area contributed by atoms with Crippen LogP contribution in [0.2, 0.25) is 0 Å². The third-order valence-corrected chi connectivity index (χ3v) is 4.04. The van der Waals surface area contributed by atoms with Gasteiger partial charge in [-0.25, -0.2) is 4.98 Å². The van der Waals surface area contributed by atoms with Gasteiger partial charge >= 0.3 is 0 Å². The molecule has 4 heteroatoms. The molecule has 0 amide bonds. The van der Waals surface area contributed by atoms with Gasteiger partial charge in [0, 0.05) is 19.0 Å². The van der Waals surface area contributed by atoms with Crippen LogP contribution in [0.3, 0.4) is 0 Å². The summed E-state index contributed by atoms with van der Waals surface area (Å²) in [5, 5.41) is 3.33. The first-order valence-electron chi connectivity index (χ1n) is 8.39. The molecule has 0 aromatic carbocycles.